The minimum absolute atomic E-state index is 0.0205. The summed E-state index contributed by atoms with van der Waals surface area (Å²) in [5.74, 6) is -1.01. The van der Waals surface area contributed by atoms with Crippen LogP contribution in [0.15, 0.2) is 78.9 Å². The first-order chi connectivity index (χ1) is 22.8. The van der Waals surface area contributed by atoms with Gasteiger partial charge in [0, 0.05) is 47.2 Å². The number of alkyl carbamates (subject to hydrolysis) is 1. The Morgan fingerprint density at radius 3 is 2.02 bits per heavy atom. The SMILES string of the molecule is CC(C)(C)C(=O)[O-].CCOC(=O)NC1CCN(C(=O)c2cc(C)cc(CN3C(=O)C(c4ccccc4)(c4ccccc4)[NH+]=C3N)c2)CC1. The number of nitrogens with zero attached hydrogens (tertiary/aromatic N) is 2. The molecule has 11 heteroatoms. The summed E-state index contributed by atoms with van der Waals surface area (Å²) in [5.41, 5.74) is 8.51. The summed E-state index contributed by atoms with van der Waals surface area (Å²) in [6.07, 6.45) is 0.888. The maximum Gasteiger partial charge on any atom is 0.407 e. The topological polar surface area (TPSA) is 159 Å². The molecule has 3 aromatic carbocycles. The van der Waals surface area contributed by atoms with Crippen molar-refractivity contribution >= 4 is 29.8 Å². The van der Waals surface area contributed by atoms with Crippen LogP contribution < -0.4 is 21.1 Å². The van der Waals surface area contributed by atoms with Gasteiger partial charge in [-0.1, -0.05) is 87.5 Å². The van der Waals surface area contributed by atoms with Crippen molar-refractivity contribution < 1.29 is 34.0 Å². The summed E-state index contributed by atoms with van der Waals surface area (Å²) < 4.78 is 4.97. The number of carboxylic acid groups (broad SMARTS) is 1. The Kier molecular flexibility index (Phi) is 11.3. The van der Waals surface area contributed by atoms with Gasteiger partial charge in [-0.2, -0.15) is 4.90 Å². The highest BCUT2D eigenvalue weighted by Gasteiger charge is 2.55. The molecule has 0 unspecified atom stereocenters. The van der Waals surface area contributed by atoms with Crippen molar-refractivity contribution in [3.63, 3.8) is 0 Å². The molecule has 3 aromatic rings. The molecule has 0 radical (unpaired) electrons. The first-order valence-corrected chi connectivity index (χ1v) is 16.1. The lowest BCUT2D eigenvalue weighted by Crippen LogP contribution is -2.85. The maximum atomic E-state index is 14.2. The minimum atomic E-state index is -1.16. The molecule has 0 spiro atoms. The summed E-state index contributed by atoms with van der Waals surface area (Å²) >= 11 is 0. The van der Waals surface area contributed by atoms with E-state index in [2.05, 4.69) is 10.3 Å². The number of nitrogens with one attached hydrogen (secondary N) is 2. The third-order valence-electron chi connectivity index (χ3n) is 8.30. The Morgan fingerprint density at radius 2 is 1.52 bits per heavy atom. The van der Waals surface area contributed by atoms with Crippen LogP contribution >= 0.6 is 0 Å². The number of amides is 3. The molecule has 4 N–H and O–H groups in total. The zero-order valence-electron chi connectivity index (χ0n) is 28.2. The highest BCUT2D eigenvalue weighted by Crippen LogP contribution is 2.30. The van der Waals surface area contributed by atoms with E-state index in [1.807, 2.05) is 85.8 Å². The quantitative estimate of drug-likeness (QED) is 0.350. The van der Waals surface area contributed by atoms with Gasteiger partial charge in [0.25, 0.3) is 5.91 Å². The number of carbonyl (C=O) groups is 4. The van der Waals surface area contributed by atoms with Gasteiger partial charge in [-0.15, -0.1) is 0 Å². The maximum absolute atomic E-state index is 14.2. The molecular weight excluding hydrogens is 610 g/mol. The lowest BCUT2D eigenvalue weighted by molar-refractivity contribution is -0.525. The molecule has 3 amide bonds. The van der Waals surface area contributed by atoms with Crippen LogP contribution in [0.3, 0.4) is 0 Å². The van der Waals surface area contributed by atoms with Gasteiger partial charge in [-0.05, 0) is 49.9 Å². The fourth-order valence-electron chi connectivity index (χ4n) is 5.72. The normalized spacial score (nSPS) is 16.0. The molecule has 0 aliphatic carbocycles. The minimum Gasteiger partial charge on any atom is -0.550 e. The number of rotatable bonds is 7. The molecular formula is C37H45N5O6. The average molecular weight is 656 g/mol. The number of hydrogen-bond acceptors (Lipinski definition) is 7. The molecule has 11 nitrogen and oxygen atoms in total. The van der Waals surface area contributed by atoms with Crippen LogP contribution in [0.5, 0.6) is 0 Å². The number of carbonyl (C=O) groups excluding carboxylic acids is 4. The number of guanidine groups is 1. The fraction of sp³-hybridized carbons (Fsp3) is 0.378. The molecule has 48 heavy (non-hydrogen) atoms. The number of carboxylic acids is 1. The Labute approximate surface area is 281 Å². The van der Waals surface area contributed by atoms with E-state index >= 15 is 0 Å². The summed E-state index contributed by atoms with van der Waals surface area (Å²) in [6, 6.07) is 24.8. The van der Waals surface area contributed by atoms with Crippen LogP contribution in [0, 0.1) is 12.3 Å². The van der Waals surface area contributed by atoms with Gasteiger partial charge >= 0.3 is 18.0 Å². The lowest BCUT2D eigenvalue weighted by atomic mass is 9.83. The van der Waals surface area contributed by atoms with Crippen LogP contribution in [-0.4, -0.2) is 65.4 Å². The molecule has 1 saturated heterocycles. The number of nitrogens with two attached hydrogens (primary N) is 1. The second-order valence-electron chi connectivity index (χ2n) is 13.1. The zero-order chi connectivity index (χ0) is 35.1. The number of benzene rings is 3. The highest BCUT2D eigenvalue weighted by atomic mass is 16.5. The second-order valence-corrected chi connectivity index (χ2v) is 13.1. The Bertz CT molecular complexity index is 1600. The molecule has 0 bridgehead atoms. The van der Waals surface area contributed by atoms with Crippen molar-refractivity contribution in [3.8, 4) is 0 Å². The van der Waals surface area contributed by atoms with Gasteiger partial charge in [-0.3, -0.25) is 20.3 Å². The Morgan fingerprint density at radius 1 is 0.979 bits per heavy atom. The monoisotopic (exact) mass is 655 g/mol. The third-order valence-corrected chi connectivity index (χ3v) is 8.30. The number of likely N-dealkylation sites (tertiary alicyclic amines) is 1. The first kappa shape index (κ1) is 35.7. The van der Waals surface area contributed by atoms with Crippen LogP contribution in [0.2, 0.25) is 0 Å². The van der Waals surface area contributed by atoms with E-state index < -0.39 is 23.0 Å². The number of hydrogen-bond donors (Lipinski definition) is 3. The molecule has 0 atom stereocenters. The van der Waals surface area contributed by atoms with Gasteiger partial charge in [-0.25, -0.2) is 4.79 Å². The van der Waals surface area contributed by atoms with E-state index in [1.54, 1.807) is 37.5 Å². The Hall–Kier alpha value is -5.19. The van der Waals surface area contributed by atoms with E-state index in [0.29, 0.717) is 38.1 Å². The summed E-state index contributed by atoms with van der Waals surface area (Å²) in [5, 5.41) is 12.8. The van der Waals surface area contributed by atoms with Crippen molar-refractivity contribution in [2.24, 2.45) is 11.1 Å². The van der Waals surface area contributed by atoms with Crippen LogP contribution in [0.4, 0.5) is 4.79 Å². The predicted molar refractivity (Wildman–Crippen MR) is 179 cm³/mol. The van der Waals surface area contributed by atoms with E-state index in [1.165, 1.54) is 0 Å². The van der Waals surface area contributed by atoms with Crippen molar-refractivity contribution in [1.29, 1.82) is 0 Å². The fourth-order valence-corrected chi connectivity index (χ4v) is 5.72. The predicted octanol–water partition coefficient (Wildman–Crippen LogP) is 1.81. The van der Waals surface area contributed by atoms with Crippen LogP contribution in [0.1, 0.15) is 73.1 Å². The Balaban J connectivity index is 0.000000671. The van der Waals surface area contributed by atoms with Crippen molar-refractivity contribution in [3.05, 3.63) is 107 Å². The number of aryl methyl sites for hydroxylation is 1. The van der Waals surface area contributed by atoms with Gasteiger partial charge in [0.1, 0.15) is 6.54 Å². The van der Waals surface area contributed by atoms with E-state index in [0.717, 1.165) is 22.3 Å². The first-order valence-electron chi connectivity index (χ1n) is 16.1. The number of piperidine rings is 1. The summed E-state index contributed by atoms with van der Waals surface area (Å²) in [7, 11) is 0. The molecule has 2 heterocycles. The van der Waals surface area contributed by atoms with Crippen LogP contribution in [-0.2, 0) is 26.4 Å². The second kappa shape index (κ2) is 15.1. The van der Waals surface area contributed by atoms with E-state index in [-0.39, 0.29) is 30.4 Å². The molecule has 2 aliphatic rings. The summed E-state index contributed by atoms with van der Waals surface area (Å²) in [6.45, 7) is 10.1. The smallest absolute Gasteiger partial charge is 0.407 e. The molecule has 0 saturated carbocycles. The van der Waals surface area contributed by atoms with E-state index in [9.17, 15) is 24.3 Å². The standard InChI is InChI=1S/C32H35N5O4.C5H10O2/c1-3-41-31(40)34-27-14-16-36(17-15-27)28(38)24-19-22(2)18-23(20-24)21-37-29(39)32(35-30(37)33,25-10-6-4-7-11-25)26-12-8-5-9-13-26;1-5(2,3)4(6)7/h4-13,18-20,27H,3,14-17,21H2,1-2H3,(H2,33,35)(H,34,40);1-3H3,(H,6,7). The molecule has 0 aromatic heterocycles. The van der Waals surface area contributed by atoms with E-state index in [4.69, 9.17) is 10.5 Å². The van der Waals surface area contributed by atoms with Gasteiger partial charge in [0.05, 0.1) is 6.61 Å². The van der Waals surface area contributed by atoms with Gasteiger partial charge < -0.3 is 24.9 Å². The van der Waals surface area contributed by atoms with Crippen molar-refractivity contribution in [1.82, 2.24) is 15.1 Å². The molecule has 2 aliphatic heterocycles. The lowest BCUT2D eigenvalue weighted by Gasteiger charge is -2.32. The molecule has 1 fully saturated rings. The zero-order valence-corrected chi connectivity index (χ0v) is 28.2. The summed E-state index contributed by atoms with van der Waals surface area (Å²) in [4.78, 5) is 56.0. The number of ether oxygens (including phenoxy) is 1. The van der Waals surface area contributed by atoms with Crippen LogP contribution in [0.25, 0.3) is 0 Å². The van der Waals surface area contributed by atoms with Gasteiger partial charge in [0.2, 0.25) is 5.54 Å². The highest BCUT2D eigenvalue weighted by molar-refractivity contribution is 6.04. The van der Waals surface area contributed by atoms with Crippen molar-refractivity contribution in [2.75, 3.05) is 19.7 Å². The van der Waals surface area contributed by atoms with Gasteiger partial charge in [0.15, 0.2) is 0 Å². The molecule has 5 rings (SSSR count). The van der Waals surface area contributed by atoms with Crippen molar-refractivity contribution in [2.45, 2.75) is 65.6 Å². The average Bonchev–Trinajstić information content (AvgIpc) is 3.31. The third kappa shape index (κ3) is 8.20. The largest absolute Gasteiger partial charge is 0.550 e. The number of aliphatic carboxylic acids is 1. The molecule has 254 valence electrons.